The fourth-order valence-electron chi connectivity index (χ4n) is 2.01. The highest BCUT2D eigenvalue weighted by Crippen LogP contribution is 2.29. The van der Waals surface area contributed by atoms with Gasteiger partial charge in [0.15, 0.2) is 0 Å². The van der Waals surface area contributed by atoms with E-state index >= 15 is 0 Å². The minimum atomic E-state index is -0.0970. The third kappa shape index (κ3) is 6.51. The lowest BCUT2D eigenvalue weighted by molar-refractivity contribution is -0.113. The average Bonchev–Trinajstić information content (AvgIpc) is 2.63. The Morgan fingerprint density at radius 2 is 1.80 bits per heavy atom. The normalized spacial score (nSPS) is 10.2. The highest BCUT2D eigenvalue weighted by Gasteiger charge is 2.09. The van der Waals surface area contributed by atoms with Crippen molar-refractivity contribution in [2.24, 2.45) is 0 Å². The molecule has 0 radical (unpaired) electrons. The molecule has 0 aliphatic rings. The molecule has 0 atom stereocenters. The summed E-state index contributed by atoms with van der Waals surface area (Å²) in [5.41, 5.74) is 0.596. The van der Waals surface area contributed by atoms with Crippen molar-refractivity contribution in [3.05, 3.63) is 46.9 Å². The molecule has 0 aliphatic heterocycles. The highest BCUT2D eigenvalue weighted by atomic mass is 79.9. The number of carbonyl (C=O) groups is 1. The molecule has 2 aromatic rings. The van der Waals surface area contributed by atoms with Gasteiger partial charge in [-0.25, -0.2) is 0 Å². The molecule has 0 saturated carbocycles. The second-order valence-electron chi connectivity index (χ2n) is 4.97. The van der Waals surface area contributed by atoms with Crippen molar-refractivity contribution < 1.29 is 19.0 Å². The zero-order valence-corrected chi connectivity index (χ0v) is 16.5. The Hall–Kier alpha value is -1.86. The van der Waals surface area contributed by atoms with Gasteiger partial charge in [0.05, 0.1) is 32.3 Å². The molecule has 0 bridgehead atoms. The number of thioether (sulfide) groups is 1. The Labute approximate surface area is 160 Å². The van der Waals surface area contributed by atoms with Crippen LogP contribution in [0.25, 0.3) is 0 Å². The van der Waals surface area contributed by atoms with E-state index in [1.54, 1.807) is 32.4 Å². The Morgan fingerprint density at radius 3 is 2.48 bits per heavy atom. The number of anilines is 1. The van der Waals surface area contributed by atoms with Gasteiger partial charge in [-0.05, 0) is 36.4 Å². The molecule has 0 unspecified atom stereocenters. The molecule has 134 valence electrons. The van der Waals surface area contributed by atoms with Gasteiger partial charge in [0.1, 0.15) is 17.2 Å². The van der Waals surface area contributed by atoms with Crippen molar-refractivity contribution in [1.29, 1.82) is 0 Å². The SMILES string of the molecule is COc1ccc(OC)c(NC(=O)CSCCOc2ccc(Br)cc2)c1. The van der Waals surface area contributed by atoms with Crippen LogP contribution in [0.2, 0.25) is 0 Å². The number of amides is 1. The largest absolute Gasteiger partial charge is 0.497 e. The van der Waals surface area contributed by atoms with Gasteiger partial charge in [-0.2, -0.15) is 0 Å². The van der Waals surface area contributed by atoms with Crippen molar-refractivity contribution in [3.63, 3.8) is 0 Å². The van der Waals surface area contributed by atoms with Crippen LogP contribution in [0, 0.1) is 0 Å². The molecule has 0 aliphatic carbocycles. The van der Waals surface area contributed by atoms with Gasteiger partial charge < -0.3 is 19.5 Å². The maximum absolute atomic E-state index is 12.1. The molecule has 0 aromatic heterocycles. The van der Waals surface area contributed by atoms with Crippen molar-refractivity contribution in [2.45, 2.75) is 0 Å². The Morgan fingerprint density at radius 1 is 1.08 bits per heavy atom. The zero-order chi connectivity index (χ0) is 18.1. The number of nitrogens with one attached hydrogen (secondary N) is 1. The third-order valence-corrected chi connectivity index (χ3v) is 4.67. The van der Waals surface area contributed by atoms with Crippen LogP contribution in [0.3, 0.4) is 0 Å². The van der Waals surface area contributed by atoms with Crippen LogP contribution in [0.1, 0.15) is 0 Å². The van der Waals surface area contributed by atoms with Gasteiger partial charge in [-0.3, -0.25) is 4.79 Å². The Balaban J connectivity index is 1.73. The summed E-state index contributed by atoms with van der Waals surface area (Å²) in [7, 11) is 3.14. The third-order valence-electron chi connectivity index (χ3n) is 3.22. The van der Waals surface area contributed by atoms with Crippen molar-refractivity contribution in [3.8, 4) is 17.2 Å². The van der Waals surface area contributed by atoms with Crippen LogP contribution < -0.4 is 19.5 Å². The molecule has 1 N–H and O–H groups in total. The van der Waals surface area contributed by atoms with Gasteiger partial charge >= 0.3 is 0 Å². The molecule has 0 heterocycles. The first kappa shape index (κ1) is 19.5. The maximum Gasteiger partial charge on any atom is 0.234 e. The van der Waals surface area contributed by atoms with E-state index in [4.69, 9.17) is 14.2 Å². The van der Waals surface area contributed by atoms with Crippen LogP contribution in [0.15, 0.2) is 46.9 Å². The lowest BCUT2D eigenvalue weighted by Crippen LogP contribution is -2.15. The molecule has 2 rings (SSSR count). The monoisotopic (exact) mass is 425 g/mol. The summed E-state index contributed by atoms with van der Waals surface area (Å²) in [5.74, 6) is 3.03. The molecular formula is C18H20BrNO4S. The molecule has 0 saturated heterocycles. The zero-order valence-electron chi connectivity index (χ0n) is 14.1. The van der Waals surface area contributed by atoms with Gasteiger partial charge in [0.25, 0.3) is 0 Å². The summed E-state index contributed by atoms with van der Waals surface area (Å²) < 4.78 is 17.0. The van der Waals surface area contributed by atoms with E-state index in [-0.39, 0.29) is 5.91 Å². The molecule has 0 spiro atoms. The lowest BCUT2D eigenvalue weighted by Gasteiger charge is -2.11. The summed E-state index contributed by atoms with van der Waals surface area (Å²) in [5, 5.41) is 2.84. The molecule has 2 aromatic carbocycles. The Bertz CT molecular complexity index is 694. The van der Waals surface area contributed by atoms with E-state index in [0.717, 1.165) is 16.0 Å². The first-order chi connectivity index (χ1) is 12.1. The fourth-order valence-corrected chi connectivity index (χ4v) is 2.88. The van der Waals surface area contributed by atoms with E-state index in [9.17, 15) is 4.79 Å². The standard InChI is InChI=1S/C18H20BrNO4S/c1-22-15-7-8-17(23-2)16(11-15)20-18(21)12-25-10-9-24-14-5-3-13(19)4-6-14/h3-8,11H,9-10,12H2,1-2H3,(H,20,21). The summed E-state index contributed by atoms with van der Waals surface area (Å²) in [6, 6.07) is 12.9. The maximum atomic E-state index is 12.1. The average molecular weight is 426 g/mol. The minimum absolute atomic E-state index is 0.0970. The molecule has 1 amide bonds. The van der Waals surface area contributed by atoms with E-state index in [1.165, 1.54) is 11.8 Å². The van der Waals surface area contributed by atoms with Gasteiger partial charge in [-0.1, -0.05) is 15.9 Å². The van der Waals surface area contributed by atoms with Gasteiger partial charge in [0.2, 0.25) is 5.91 Å². The number of halogens is 1. The minimum Gasteiger partial charge on any atom is -0.497 e. The van der Waals surface area contributed by atoms with Crippen molar-refractivity contribution in [2.75, 3.05) is 37.6 Å². The van der Waals surface area contributed by atoms with Gasteiger partial charge in [0, 0.05) is 16.3 Å². The number of rotatable bonds is 9. The summed E-state index contributed by atoms with van der Waals surface area (Å²) >= 11 is 4.89. The molecule has 0 fully saturated rings. The summed E-state index contributed by atoms with van der Waals surface area (Å²) in [6.45, 7) is 0.544. The topological polar surface area (TPSA) is 56.8 Å². The number of hydrogen-bond acceptors (Lipinski definition) is 5. The molecule has 7 heteroatoms. The van der Waals surface area contributed by atoms with Crippen molar-refractivity contribution >= 4 is 39.3 Å². The highest BCUT2D eigenvalue weighted by molar-refractivity contribution is 9.10. The number of ether oxygens (including phenoxy) is 3. The molecule has 5 nitrogen and oxygen atoms in total. The first-order valence-electron chi connectivity index (χ1n) is 7.60. The second-order valence-corrected chi connectivity index (χ2v) is 6.99. The van der Waals surface area contributed by atoms with Gasteiger partial charge in [-0.15, -0.1) is 11.8 Å². The number of hydrogen-bond donors (Lipinski definition) is 1. The van der Waals surface area contributed by atoms with Crippen LogP contribution >= 0.6 is 27.7 Å². The van der Waals surface area contributed by atoms with E-state index in [2.05, 4.69) is 21.2 Å². The van der Waals surface area contributed by atoms with Crippen molar-refractivity contribution in [1.82, 2.24) is 0 Å². The first-order valence-corrected chi connectivity index (χ1v) is 9.55. The van der Waals surface area contributed by atoms with E-state index in [1.807, 2.05) is 24.3 Å². The van der Waals surface area contributed by atoms with Crippen LogP contribution in [-0.4, -0.2) is 38.2 Å². The predicted octanol–water partition coefficient (Wildman–Crippen LogP) is 4.22. The fraction of sp³-hybridized carbons (Fsp3) is 0.278. The number of methoxy groups -OCH3 is 2. The van der Waals surface area contributed by atoms with Crippen LogP contribution in [0.5, 0.6) is 17.2 Å². The smallest absolute Gasteiger partial charge is 0.234 e. The van der Waals surface area contributed by atoms with Crippen LogP contribution in [-0.2, 0) is 4.79 Å². The van der Waals surface area contributed by atoms with E-state index in [0.29, 0.717) is 29.5 Å². The molecule has 25 heavy (non-hydrogen) atoms. The second kappa shape index (κ2) is 10.2. The summed E-state index contributed by atoms with van der Waals surface area (Å²) in [6.07, 6.45) is 0. The summed E-state index contributed by atoms with van der Waals surface area (Å²) in [4.78, 5) is 12.1. The van der Waals surface area contributed by atoms with E-state index < -0.39 is 0 Å². The number of carbonyl (C=O) groups excluding carboxylic acids is 1. The molecular weight excluding hydrogens is 406 g/mol. The van der Waals surface area contributed by atoms with Crippen LogP contribution in [0.4, 0.5) is 5.69 Å². The lowest BCUT2D eigenvalue weighted by atomic mass is 10.2. The number of benzene rings is 2. The Kier molecular flexibility index (Phi) is 7.94. The quantitative estimate of drug-likeness (QED) is 0.609. The predicted molar refractivity (Wildman–Crippen MR) is 105 cm³/mol.